The van der Waals surface area contributed by atoms with Crippen molar-refractivity contribution >= 4 is 11.6 Å². The van der Waals surface area contributed by atoms with Crippen LogP contribution in [0.3, 0.4) is 0 Å². The summed E-state index contributed by atoms with van der Waals surface area (Å²) in [5, 5.41) is 8.77. The van der Waals surface area contributed by atoms with Gasteiger partial charge in [0.25, 0.3) is 0 Å². The zero-order valence-electron chi connectivity index (χ0n) is 12.5. The number of rotatable bonds is 4. The summed E-state index contributed by atoms with van der Waals surface area (Å²) in [6.07, 6.45) is -0.102. The lowest BCUT2D eigenvalue weighted by atomic mass is 9.82. The number of benzene rings is 1. The minimum absolute atomic E-state index is 0.102. The van der Waals surface area contributed by atoms with Crippen LogP contribution < -0.4 is 0 Å². The third-order valence-corrected chi connectivity index (χ3v) is 3.53. The standard InChI is InChI=1S/C18H18O4/c1-13-15(8-7-14-5-3-2-4-6-14)16(12-22-10-9-19)18(21)11-17(13)20/h2-6,16,19H,9-12H2,1H3. The Morgan fingerprint density at radius 2 is 1.95 bits per heavy atom. The van der Waals surface area contributed by atoms with Crippen LogP contribution in [0.2, 0.25) is 0 Å². The fourth-order valence-corrected chi connectivity index (χ4v) is 2.27. The smallest absolute Gasteiger partial charge is 0.166 e. The van der Waals surface area contributed by atoms with Gasteiger partial charge in [0.15, 0.2) is 11.6 Å². The molecule has 0 saturated carbocycles. The Kier molecular flexibility index (Phi) is 5.65. The van der Waals surface area contributed by atoms with Crippen LogP contribution in [0.4, 0.5) is 0 Å². The van der Waals surface area contributed by atoms with Crippen molar-refractivity contribution in [1.82, 2.24) is 0 Å². The summed E-state index contributed by atoms with van der Waals surface area (Å²) >= 11 is 0. The summed E-state index contributed by atoms with van der Waals surface area (Å²) < 4.78 is 5.27. The molecule has 1 aromatic carbocycles. The van der Waals surface area contributed by atoms with Gasteiger partial charge in [-0.2, -0.15) is 0 Å². The first-order valence-corrected chi connectivity index (χ1v) is 7.16. The van der Waals surface area contributed by atoms with Crippen molar-refractivity contribution < 1.29 is 19.4 Å². The van der Waals surface area contributed by atoms with E-state index in [9.17, 15) is 9.59 Å². The normalized spacial score (nSPS) is 18.2. The van der Waals surface area contributed by atoms with Gasteiger partial charge in [-0.1, -0.05) is 30.0 Å². The molecule has 0 aliphatic heterocycles. The van der Waals surface area contributed by atoms with Gasteiger partial charge in [-0.3, -0.25) is 9.59 Å². The molecule has 0 radical (unpaired) electrons. The van der Waals surface area contributed by atoms with Crippen LogP contribution in [0, 0.1) is 17.8 Å². The monoisotopic (exact) mass is 298 g/mol. The molecule has 4 nitrogen and oxygen atoms in total. The van der Waals surface area contributed by atoms with Crippen LogP contribution in [0.15, 0.2) is 41.5 Å². The van der Waals surface area contributed by atoms with E-state index in [1.54, 1.807) is 6.92 Å². The van der Waals surface area contributed by atoms with Crippen LogP contribution in [0.25, 0.3) is 0 Å². The van der Waals surface area contributed by atoms with Gasteiger partial charge in [0.1, 0.15) is 0 Å². The maximum Gasteiger partial charge on any atom is 0.166 e. The second-order valence-electron chi connectivity index (χ2n) is 5.07. The molecule has 0 fully saturated rings. The van der Waals surface area contributed by atoms with E-state index < -0.39 is 5.92 Å². The summed E-state index contributed by atoms with van der Waals surface area (Å²) in [5.41, 5.74) is 1.88. The molecule has 0 saturated heterocycles. The van der Waals surface area contributed by atoms with Gasteiger partial charge in [-0.05, 0) is 19.1 Å². The molecule has 1 aromatic rings. The number of carbonyl (C=O) groups excluding carboxylic acids is 2. The van der Waals surface area contributed by atoms with Crippen LogP contribution >= 0.6 is 0 Å². The number of Topliss-reactive ketones (excluding diaryl/α,β-unsaturated/α-hetero) is 2. The average Bonchev–Trinajstić information content (AvgIpc) is 2.52. The van der Waals surface area contributed by atoms with Crippen molar-refractivity contribution in [3.63, 3.8) is 0 Å². The molecule has 0 heterocycles. The number of hydrogen-bond acceptors (Lipinski definition) is 4. The quantitative estimate of drug-likeness (QED) is 0.520. The molecule has 1 atom stereocenters. The maximum absolute atomic E-state index is 12.1. The van der Waals surface area contributed by atoms with Crippen LogP contribution in [-0.4, -0.2) is 36.5 Å². The lowest BCUT2D eigenvalue weighted by molar-refractivity contribution is -0.129. The molecule has 0 spiro atoms. The topological polar surface area (TPSA) is 63.6 Å². The predicted octanol–water partition coefficient (Wildman–Crippen LogP) is 1.52. The van der Waals surface area contributed by atoms with Crippen molar-refractivity contribution in [3.8, 4) is 11.8 Å². The zero-order chi connectivity index (χ0) is 15.9. The van der Waals surface area contributed by atoms with E-state index in [0.29, 0.717) is 11.1 Å². The summed E-state index contributed by atoms with van der Waals surface area (Å²) in [6, 6.07) is 9.39. The fourth-order valence-electron chi connectivity index (χ4n) is 2.27. The van der Waals surface area contributed by atoms with Crippen LogP contribution in [-0.2, 0) is 14.3 Å². The summed E-state index contributed by atoms with van der Waals surface area (Å²) in [4.78, 5) is 24.0. The highest BCUT2D eigenvalue weighted by Crippen LogP contribution is 2.25. The molecule has 1 N–H and O–H groups in total. The fraction of sp³-hybridized carbons (Fsp3) is 0.333. The van der Waals surface area contributed by atoms with Crippen molar-refractivity contribution in [2.24, 2.45) is 5.92 Å². The molecule has 0 aromatic heterocycles. The highest BCUT2D eigenvalue weighted by Gasteiger charge is 2.32. The Bertz CT molecular complexity index is 647. The molecule has 22 heavy (non-hydrogen) atoms. The predicted molar refractivity (Wildman–Crippen MR) is 82.0 cm³/mol. The van der Waals surface area contributed by atoms with Gasteiger partial charge in [0, 0.05) is 16.7 Å². The van der Waals surface area contributed by atoms with Gasteiger partial charge >= 0.3 is 0 Å². The maximum atomic E-state index is 12.1. The first-order chi connectivity index (χ1) is 10.6. The first kappa shape index (κ1) is 16.2. The Hall–Kier alpha value is -2.22. The van der Waals surface area contributed by atoms with Crippen LogP contribution in [0.5, 0.6) is 0 Å². The average molecular weight is 298 g/mol. The molecule has 0 bridgehead atoms. The number of aliphatic hydroxyl groups is 1. The Morgan fingerprint density at radius 1 is 1.23 bits per heavy atom. The Labute approximate surface area is 129 Å². The lowest BCUT2D eigenvalue weighted by Crippen LogP contribution is -2.31. The minimum Gasteiger partial charge on any atom is -0.394 e. The third kappa shape index (κ3) is 3.91. The number of carbonyl (C=O) groups is 2. The summed E-state index contributed by atoms with van der Waals surface area (Å²) in [6.45, 7) is 1.90. The summed E-state index contributed by atoms with van der Waals surface area (Å²) in [5.74, 6) is 5.08. The second kappa shape index (κ2) is 7.69. The van der Waals surface area contributed by atoms with E-state index in [0.717, 1.165) is 5.56 Å². The highest BCUT2D eigenvalue weighted by atomic mass is 16.5. The number of aliphatic hydroxyl groups excluding tert-OH is 1. The van der Waals surface area contributed by atoms with Gasteiger partial charge in [0.2, 0.25) is 0 Å². The second-order valence-corrected chi connectivity index (χ2v) is 5.07. The summed E-state index contributed by atoms with van der Waals surface area (Å²) in [7, 11) is 0. The Morgan fingerprint density at radius 3 is 2.64 bits per heavy atom. The molecule has 114 valence electrons. The van der Waals surface area contributed by atoms with E-state index in [2.05, 4.69) is 11.8 Å². The highest BCUT2D eigenvalue weighted by molar-refractivity contribution is 6.13. The van der Waals surface area contributed by atoms with E-state index >= 15 is 0 Å². The largest absolute Gasteiger partial charge is 0.394 e. The van der Waals surface area contributed by atoms with E-state index in [4.69, 9.17) is 9.84 Å². The van der Waals surface area contributed by atoms with Crippen molar-refractivity contribution in [2.45, 2.75) is 13.3 Å². The number of allylic oxidation sites excluding steroid dienone is 1. The van der Waals surface area contributed by atoms with Gasteiger partial charge in [-0.25, -0.2) is 0 Å². The molecule has 1 aliphatic rings. The van der Waals surface area contributed by atoms with Gasteiger partial charge in [-0.15, -0.1) is 0 Å². The van der Waals surface area contributed by atoms with Gasteiger partial charge in [0.05, 0.1) is 32.2 Å². The zero-order valence-corrected chi connectivity index (χ0v) is 12.5. The van der Waals surface area contributed by atoms with Crippen molar-refractivity contribution in [2.75, 3.05) is 19.8 Å². The van der Waals surface area contributed by atoms with Crippen molar-refractivity contribution in [3.05, 3.63) is 47.0 Å². The van der Waals surface area contributed by atoms with E-state index in [-0.39, 0.29) is 37.8 Å². The van der Waals surface area contributed by atoms with E-state index in [1.165, 1.54) is 0 Å². The van der Waals surface area contributed by atoms with Gasteiger partial charge < -0.3 is 9.84 Å². The third-order valence-electron chi connectivity index (χ3n) is 3.53. The molecule has 1 aliphatic carbocycles. The molecule has 0 amide bonds. The lowest BCUT2D eigenvalue weighted by Gasteiger charge is -2.22. The van der Waals surface area contributed by atoms with Crippen molar-refractivity contribution in [1.29, 1.82) is 0 Å². The number of hydrogen-bond donors (Lipinski definition) is 1. The molecular formula is C18H18O4. The molecular weight excluding hydrogens is 280 g/mol. The van der Waals surface area contributed by atoms with E-state index in [1.807, 2.05) is 30.3 Å². The SMILES string of the molecule is CC1=C(C#Cc2ccccc2)C(COCCO)C(=O)CC1=O. The molecule has 1 unspecified atom stereocenters. The Balaban J connectivity index is 2.29. The number of ketones is 2. The molecule has 4 heteroatoms. The molecule has 2 rings (SSSR count). The first-order valence-electron chi connectivity index (χ1n) is 7.16. The number of ether oxygens (including phenoxy) is 1. The van der Waals surface area contributed by atoms with Crippen LogP contribution in [0.1, 0.15) is 18.9 Å². The minimum atomic E-state index is -0.527.